The van der Waals surface area contributed by atoms with Gasteiger partial charge >= 0.3 is 0 Å². The van der Waals surface area contributed by atoms with E-state index in [1.54, 1.807) is 11.1 Å². The van der Waals surface area contributed by atoms with Crippen LogP contribution in [-0.2, 0) is 5.41 Å². The molecule has 1 aromatic heterocycles. The first kappa shape index (κ1) is 39.6. The normalized spacial score (nSPS) is 12.5. The molecule has 0 saturated heterocycles. The molecule has 0 saturated carbocycles. The van der Waals surface area contributed by atoms with Gasteiger partial charge in [-0.1, -0.05) is 188 Å². The maximum absolute atomic E-state index is 2.57. The van der Waals surface area contributed by atoms with Gasteiger partial charge in [-0.2, -0.15) is 0 Å². The molecule has 0 atom stereocenters. The molecule has 7 rings (SSSR count). The van der Waals surface area contributed by atoms with Gasteiger partial charge in [-0.25, -0.2) is 0 Å². The fourth-order valence-electron chi connectivity index (χ4n) is 8.58. The molecule has 0 unspecified atom stereocenters. The Hall–Kier alpha value is -4.62. The second-order valence-electron chi connectivity index (χ2n) is 15.2. The molecular weight excluding hydrogens is 639 g/mol. The lowest BCUT2D eigenvalue weighted by molar-refractivity contribution is 0.401. The summed E-state index contributed by atoms with van der Waals surface area (Å²) in [7, 11) is 0. The highest BCUT2D eigenvalue weighted by atomic mass is 15.0. The number of fused-ring (bicyclic) bond motifs is 3. The molecule has 0 aliphatic heterocycles. The van der Waals surface area contributed by atoms with Crippen molar-refractivity contribution in [1.82, 2.24) is 4.57 Å². The summed E-state index contributed by atoms with van der Waals surface area (Å²) in [6.45, 7) is 11.2. The first-order valence-corrected chi connectivity index (χ1v) is 19.6. The quantitative estimate of drug-likeness (QED) is 0.0997. The van der Waals surface area contributed by atoms with E-state index in [2.05, 4.69) is 161 Å². The maximum atomic E-state index is 2.57. The van der Waals surface area contributed by atoms with Crippen LogP contribution in [0.3, 0.4) is 0 Å². The lowest BCUT2D eigenvalue weighted by Gasteiger charge is -2.33. The zero-order valence-electron chi connectivity index (χ0n) is 31.6. The number of nitrogens with zero attached hydrogens (tertiary/aromatic N) is 1. The van der Waals surface area contributed by atoms with E-state index < -0.39 is 0 Å². The van der Waals surface area contributed by atoms with E-state index in [1.165, 1.54) is 131 Å². The Kier molecular flexibility index (Phi) is 13.0. The number of aryl methyl sites for hydroxylation is 3. The Balaban J connectivity index is 0.00000271. The van der Waals surface area contributed by atoms with E-state index in [-0.39, 0.29) is 20.3 Å². The smallest absolute Gasteiger partial charge is 0.0535 e. The average Bonchev–Trinajstić information content (AvgIpc) is 3.70. The first-order valence-electron chi connectivity index (χ1n) is 19.6. The topological polar surface area (TPSA) is 4.93 Å². The SMILES string of the molecule is C.C.CCCCCCC1(CCCCCC)c2cc(C)ccc2-c2ccc(-c3ccc(-c4ccc(-c5ccc(C)cc5)n4-c4ccc(C)cc4)cc3)cc21. The van der Waals surface area contributed by atoms with Crippen LogP contribution < -0.4 is 0 Å². The van der Waals surface area contributed by atoms with Gasteiger partial charge in [0.1, 0.15) is 0 Å². The second-order valence-corrected chi connectivity index (χ2v) is 15.2. The summed E-state index contributed by atoms with van der Waals surface area (Å²) in [5.41, 5.74) is 18.7. The van der Waals surface area contributed by atoms with Crippen molar-refractivity contribution in [2.45, 2.75) is 119 Å². The highest BCUT2D eigenvalue weighted by molar-refractivity contribution is 5.85. The van der Waals surface area contributed by atoms with E-state index >= 15 is 0 Å². The van der Waals surface area contributed by atoms with Gasteiger partial charge in [0.15, 0.2) is 0 Å². The van der Waals surface area contributed by atoms with Crippen LogP contribution in [0.5, 0.6) is 0 Å². The molecule has 1 nitrogen and oxygen atoms in total. The van der Waals surface area contributed by atoms with Crippen molar-refractivity contribution >= 4 is 0 Å². The van der Waals surface area contributed by atoms with Crippen molar-refractivity contribution in [3.8, 4) is 50.5 Å². The van der Waals surface area contributed by atoms with Gasteiger partial charge in [-0.15, -0.1) is 0 Å². The van der Waals surface area contributed by atoms with Crippen molar-refractivity contribution in [3.63, 3.8) is 0 Å². The van der Waals surface area contributed by atoms with Crippen molar-refractivity contribution < 1.29 is 0 Å². The molecule has 5 aromatic carbocycles. The molecule has 0 N–H and O–H groups in total. The minimum absolute atomic E-state index is 0. The lowest BCUT2D eigenvalue weighted by Crippen LogP contribution is -2.25. The van der Waals surface area contributed by atoms with Crippen LogP contribution >= 0.6 is 0 Å². The fourth-order valence-corrected chi connectivity index (χ4v) is 8.58. The summed E-state index contributed by atoms with van der Waals surface area (Å²) in [5.74, 6) is 0. The van der Waals surface area contributed by atoms with Gasteiger partial charge in [-0.3, -0.25) is 0 Å². The third-order valence-electron chi connectivity index (χ3n) is 11.5. The summed E-state index contributed by atoms with van der Waals surface area (Å²) in [5, 5.41) is 0. The largest absolute Gasteiger partial charge is 0.309 e. The zero-order valence-corrected chi connectivity index (χ0v) is 31.6. The van der Waals surface area contributed by atoms with E-state index in [9.17, 15) is 0 Å². The Labute approximate surface area is 322 Å². The number of unbranched alkanes of at least 4 members (excludes halogenated alkanes) is 6. The van der Waals surface area contributed by atoms with Crippen LogP contribution in [0, 0.1) is 20.8 Å². The number of benzene rings is 5. The molecule has 0 fully saturated rings. The van der Waals surface area contributed by atoms with E-state index in [0.29, 0.717) is 0 Å². The second kappa shape index (κ2) is 17.5. The third-order valence-corrected chi connectivity index (χ3v) is 11.5. The molecule has 1 heteroatoms. The van der Waals surface area contributed by atoms with Crippen LogP contribution in [0.25, 0.3) is 50.5 Å². The Bertz CT molecular complexity index is 2060. The number of rotatable bonds is 14. The molecule has 0 amide bonds. The van der Waals surface area contributed by atoms with Crippen molar-refractivity contribution in [3.05, 3.63) is 149 Å². The molecule has 6 aromatic rings. The highest BCUT2D eigenvalue weighted by Gasteiger charge is 2.42. The molecule has 53 heavy (non-hydrogen) atoms. The summed E-state index contributed by atoms with van der Waals surface area (Å²) in [6, 6.07) is 46.3. The van der Waals surface area contributed by atoms with Crippen molar-refractivity contribution in [2.75, 3.05) is 0 Å². The summed E-state index contributed by atoms with van der Waals surface area (Å²) >= 11 is 0. The minimum atomic E-state index is 0. The average molecular weight is 702 g/mol. The van der Waals surface area contributed by atoms with E-state index in [1.807, 2.05) is 0 Å². The monoisotopic (exact) mass is 701 g/mol. The Morgan fingerprint density at radius 3 is 1.40 bits per heavy atom. The Morgan fingerprint density at radius 1 is 0.415 bits per heavy atom. The molecule has 1 aliphatic rings. The van der Waals surface area contributed by atoms with Gasteiger partial charge < -0.3 is 4.57 Å². The molecule has 1 heterocycles. The predicted molar refractivity (Wildman–Crippen MR) is 233 cm³/mol. The van der Waals surface area contributed by atoms with Crippen molar-refractivity contribution in [1.29, 1.82) is 0 Å². The zero-order chi connectivity index (χ0) is 35.4. The summed E-state index contributed by atoms with van der Waals surface area (Å²) in [6.07, 6.45) is 12.9. The number of aromatic nitrogens is 1. The molecular formula is C52H63N. The molecule has 0 spiro atoms. The number of hydrogen-bond acceptors (Lipinski definition) is 0. The fraction of sp³-hybridized carbons (Fsp3) is 0.346. The molecule has 0 bridgehead atoms. The first-order chi connectivity index (χ1) is 24.9. The van der Waals surface area contributed by atoms with Crippen LogP contribution in [0.2, 0.25) is 0 Å². The molecule has 1 aliphatic carbocycles. The lowest BCUT2D eigenvalue weighted by atomic mass is 9.70. The predicted octanol–water partition coefficient (Wildman–Crippen LogP) is 15.9. The van der Waals surface area contributed by atoms with E-state index in [0.717, 1.165) is 0 Å². The summed E-state index contributed by atoms with van der Waals surface area (Å²) < 4.78 is 2.42. The van der Waals surface area contributed by atoms with E-state index in [4.69, 9.17) is 0 Å². The van der Waals surface area contributed by atoms with Crippen LogP contribution in [0.15, 0.2) is 121 Å². The van der Waals surface area contributed by atoms with Crippen molar-refractivity contribution in [2.24, 2.45) is 0 Å². The van der Waals surface area contributed by atoms with Crippen LogP contribution in [0.4, 0.5) is 0 Å². The Morgan fingerprint density at radius 2 is 0.849 bits per heavy atom. The van der Waals surface area contributed by atoms with Crippen LogP contribution in [-0.4, -0.2) is 4.57 Å². The molecule has 276 valence electrons. The standard InChI is InChI=1S/C50H55N.2CH4/c1-6-8-10-12-32-50(33-13-11-9-7-2)46-34-38(5)18-28-44(46)45-29-25-42(35-47(45)50)39-21-23-41(24-22-39)49-31-30-48(40-19-14-36(3)15-20-40)51(49)43-26-16-37(4)17-27-43;;/h14-31,34-35H,6-13,32-33H2,1-5H3;2*1H4. The van der Waals surface area contributed by atoms with Gasteiger partial charge in [0.2, 0.25) is 0 Å². The van der Waals surface area contributed by atoms with Gasteiger partial charge in [0, 0.05) is 11.1 Å². The minimum Gasteiger partial charge on any atom is -0.309 e. The van der Waals surface area contributed by atoms with Gasteiger partial charge in [-0.05, 0) is 108 Å². The summed E-state index contributed by atoms with van der Waals surface area (Å²) in [4.78, 5) is 0. The third kappa shape index (κ3) is 8.01. The van der Waals surface area contributed by atoms with Crippen LogP contribution in [0.1, 0.15) is 121 Å². The maximum Gasteiger partial charge on any atom is 0.0535 e. The molecule has 0 radical (unpaired) electrons. The number of hydrogen-bond donors (Lipinski definition) is 0. The highest BCUT2D eigenvalue weighted by Crippen LogP contribution is 2.55. The van der Waals surface area contributed by atoms with Gasteiger partial charge in [0.25, 0.3) is 0 Å². The van der Waals surface area contributed by atoms with Gasteiger partial charge in [0.05, 0.1) is 11.4 Å².